The van der Waals surface area contributed by atoms with Gasteiger partial charge in [0.2, 0.25) is 0 Å². The summed E-state index contributed by atoms with van der Waals surface area (Å²) in [4.78, 5) is 22.9. The van der Waals surface area contributed by atoms with Crippen LogP contribution in [0.4, 0.5) is 9.59 Å². The van der Waals surface area contributed by atoms with Crippen LogP contribution in [0.3, 0.4) is 0 Å². The molecular weight excluding hydrogens is 372 g/mol. The molecule has 1 rings (SSSR count). The van der Waals surface area contributed by atoms with Crippen LogP contribution in [-0.2, 0) is 18.9 Å². The van der Waals surface area contributed by atoms with E-state index in [0.717, 1.165) is 24.7 Å². The minimum absolute atomic E-state index is 0.0938. The lowest BCUT2D eigenvalue weighted by atomic mass is 9.88. The molecule has 0 saturated carbocycles. The van der Waals surface area contributed by atoms with Crippen LogP contribution in [0.1, 0.15) is 92.4 Å². The van der Waals surface area contributed by atoms with Crippen LogP contribution < -0.4 is 0 Å². The highest BCUT2D eigenvalue weighted by molar-refractivity contribution is 5.63. The molecule has 0 radical (unpaired) electrons. The van der Waals surface area contributed by atoms with Gasteiger partial charge in [-0.25, -0.2) is 9.59 Å². The van der Waals surface area contributed by atoms with E-state index in [1.807, 2.05) is 0 Å². The van der Waals surface area contributed by atoms with Gasteiger partial charge in [-0.3, -0.25) is 0 Å². The van der Waals surface area contributed by atoms with E-state index in [9.17, 15) is 9.59 Å². The largest absolute Gasteiger partial charge is 0.508 e. The second kappa shape index (κ2) is 13.0. The number of cyclic esters (lactones) is 2. The summed E-state index contributed by atoms with van der Waals surface area (Å²) >= 11 is 0. The predicted molar refractivity (Wildman–Crippen MR) is 113 cm³/mol. The average molecular weight is 415 g/mol. The zero-order chi connectivity index (χ0) is 21.9. The molecule has 1 heterocycles. The van der Waals surface area contributed by atoms with Crippen LogP contribution in [0.5, 0.6) is 0 Å². The quantitative estimate of drug-likeness (QED) is 0.302. The van der Waals surface area contributed by atoms with Gasteiger partial charge in [-0.15, -0.1) is 0 Å². The summed E-state index contributed by atoms with van der Waals surface area (Å²) in [5.74, 6) is 2.22. The maximum Gasteiger partial charge on any atom is 0.508 e. The van der Waals surface area contributed by atoms with Crippen LogP contribution in [0, 0.1) is 17.8 Å². The fourth-order valence-corrected chi connectivity index (χ4v) is 3.92. The predicted octanol–water partition coefficient (Wildman–Crippen LogP) is 6.50. The second-order valence-electron chi connectivity index (χ2n) is 9.39. The van der Waals surface area contributed by atoms with E-state index in [1.54, 1.807) is 6.92 Å². The molecular formula is C23H42O6. The molecule has 0 aromatic rings. The third-order valence-electron chi connectivity index (χ3n) is 6.00. The Morgan fingerprint density at radius 3 is 2.07 bits per heavy atom. The van der Waals surface area contributed by atoms with Crippen molar-refractivity contribution in [1.82, 2.24) is 0 Å². The molecule has 4 unspecified atom stereocenters. The Kier molecular flexibility index (Phi) is 11.4. The van der Waals surface area contributed by atoms with Crippen LogP contribution in [0.2, 0.25) is 0 Å². The van der Waals surface area contributed by atoms with E-state index in [0.29, 0.717) is 12.3 Å². The van der Waals surface area contributed by atoms with E-state index in [4.69, 9.17) is 14.2 Å². The third-order valence-corrected chi connectivity index (χ3v) is 6.00. The molecule has 1 aliphatic rings. The zero-order valence-electron chi connectivity index (χ0n) is 19.3. The Morgan fingerprint density at radius 1 is 1.03 bits per heavy atom. The molecule has 170 valence electrons. The van der Waals surface area contributed by atoms with Gasteiger partial charge >= 0.3 is 12.3 Å². The Bertz CT molecular complexity index is 492. The Morgan fingerprint density at radius 2 is 1.59 bits per heavy atom. The molecule has 6 nitrogen and oxygen atoms in total. The van der Waals surface area contributed by atoms with Crippen molar-refractivity contribution in [2.24, 2.45) is 17.8 Å². The molecule has 0 amide bonds. The van der Waals surface area contributed by atoms with E-state index in [-0.39, 0.29) is 6.61 Å². The summed E-state index contributed by atoms with van der Waals surface area (Å²) < 4.78 is 20.1. The average Bonchev–Trinajstić information content (AvgIpc) is 3.08. The highest BCUT2D eigenvalue weighted by Gasteiger charge is 2.45. The molecule has 0 aromatic carbocycles. The van der Waals surface area contributed by atoms with Crippen molar-refractivity contribution in [3.05, 3.63) is 0 Å². The van der Waals surface area contributed by atoms with Gasteiger partial charge in [0.05, 0.1) is 7.11 Å². The number of carbonyl (C=O) groups excluding carboxylic acids is 2. The van der Waals surface area contributed by atoms with Crippen molar-refractivity contribution in [3.8, 4) is 0 Å². The van der Waals surface area contributed by atoms with Crippen LogP contribution in [0.25, 0.3) is 0 Å². The molecule has 1 aliphatic heterocycles. The van der Waals surface area contributed by atoms with Gasteiger partial charge in [-0.1, -0.05) is 72.6 Å². The smallest absolute Gasteiger partial charge is 0.438 e. The van der Waals surface area contributed by atoms with Crippen molar-refractivity contribution in [2.45, 2.75) is 104 Å². The highest BCUT2D eigenvalue weighted by Crippen LogP contribution is 2.31. The van der Waals surface area contributed by atoms with Gasteiger partial charge in [-0.05, 0) is 37.5 Å². The van der Waals surface area contributed by atoms with E-state index < -0.39 is 24.0 Å². The molecule has 4 atom stereocenters. The van der Waals surface area contributed by atoms with Crippen LogP contribution >= 0.6 is 0 Å². The topological polar surface area (TPSA) is 71.1 Å². The normalized spacial score (nSPS) is 20.5. The number of methoxy groups -OCH3 is 1. The fraction of sp³-hybridized carbons (Fsp3) is 0.913. The van der Waals surface area contributed by atoms with Crippen molar-refractivity contribution < 1.29 is 28.5 Å². The Balaban J connectivity index is 2.32. The van der Waals surface area contributed by atoms with Crippen molar-refractivity contribution in [3.63, 3.8) is 0 Å². The van der Waals surface area contributed by atoms with Gasteiger partial charge in [-0.2, -0.15) is 0 Å². The maximum absolute atomic E-state index is 11.7. The molecule has 6 heteroatoms. The Labute approximate surface area is 177 Å². The summed E-state index contributed by atoms with van der Waals surface area (Å²) in [5.41, 5.74) is -0.941. The SMILES string of the molecule is COC(=O)OC(C)(CCCC(C)CCCC(C)CCCC(C)C)C1COC(=O)O1. The van der Waals surface area contributed by atoms with Crippen molar-refractivity contribution >= 4 is 12.3 Å². The Hall–Kier alpha value is -1.46. The standard InChI is InChI=1S/C23H42O6/c1-17(2)10-7-11-18(3)12-8-13-19(4)14-9-15-23(5,29-21(24)26-6)20-16-27-22(25)28-20/h17-20H,7-16H2,1-6H3. The number of carbonyl (C=O) groups is 2. The van der Waals surface area contributed by atoms with Crippen LogP contribution in [-0.4, -0.2) is 37.7 Å². The van der Waals surface area contributed by atoms with Gasteiger partial charge < -0.3 is 18.9 Å². The minimum Gasteiger partial charge on any atom is -0.438 e. The molecule has 0 spiro atoms. The number of ether oxygens (including phenoxy) is 4. The molecule has 1 fully saturated rings. The molecule has 0 aliphatic carbocycles. The van der Waals surface area contributed by atoms with Gasteiger partial charge in [0, 0.05) is 0 Å². The molecule has 0 N–H and O–H groups in total. The van der Waals surface area contributed by atoms with Crippen molar-refractivity contribution in [1.29, 1.82) is 0 Å². The first-order valence-electron chi connectivity index (χ1n) is 11.3. The molecule has 0 bridgehead atoms. The second-order valence-corrected chi connectivity index (χ2v) is 9.39. The number of hydrogen-bond acceptors (Lipinski definition) is 6. The van der Waals surface area contributed by atoms with Gasteiger partial charge in [0.15, 0.2) is 11.7 Å². The maximum atomic E-state index is 11.7. The van der Waals surface area contributed by atoms with Gasteiger partial charge in [0.25, 0.3) is 0 Å². The van der Waals surface area contributed by atoms with E-state index in [1.165, 1.54) is 45.6 Å². The lowest BCUT2D eigenvalue weighted by Crippen LogP contribution is -2.45. The highest BCUT2D eigenvalue weighted by atomic mass is 16.8. The molecule has 0 aromatic heterocycles. The lowest BCUT2D eigenvalue weighted by Gasteiger charge is -2.32. The van der Waals surface area contributed by atoms with E-state index >= 15 is 0 Å². The third kappa shape index (κ3) is 10.2. The minimum atomic E-state index is -0.941. The first-order chi connectivity index (χ1) is 13.7. The summed E-state index contributed by atoms with van der Waals surface area (Å²) in [6.07, 6.45) is 8.20. The summed E-state index contributed by atoms with van der Waals surface area (Å²) in [7, 11) is 1.27. The zero-order valence-corrected chi connectivity index (χ0v) is 19.3. The summed E-state index contributed by atoms with van der Waals surface area (Å²) in [5, 5.41) is 0. The van der Waals surface area contributed by atoms with Crippen LogP contribution in [0.15, 0.2) is 0 Å². The first-order valence-corrected chi connectivity index (χ1v) is 11.3. The molecule has 1 saturated heterocycles. The number of rotatable bonds is 14. The number of hydrogen-bond donors (Lipinski definition) is 0. The molecule has 29 heavy (non-hydrogen) atoms. The monoisotopic (exact) mass is 414 g/mol. The van der Waals surface area contributed by atoms with E-state index in [2.05, 4.69) is 32.4 Å². The van der Waals surface area contributed by atoms with Gasteiger partial charge in [0.1, 0.15) is 6.61 Å². The first kappa shape index (κ1) is 25.6. The lowest BCUT2D eigenvalue weighted by molar-refractivity contribution is -0.0846. The summed E-state index contributed by atoms with van der Waals surface area (Å²) in [6.45, 7) is 11.1. The van der Waals surface area contributed by atoms with Crippen molar-refractivity contribution in [2.75, 3.05) is 13.7 Å². The fourth-order valence-electron chi connectivity index (χ4n) is 3.92. The summed E-state index contributed by atoms with van der Waals surface area (Å²) in [6, 6.07) is 0.